The van der Waals surface area contributed by atoms with Crippen molar-refractivity contribution in [3.8, 4) is 11.5 Å². The molecule has 0 bridgehead atoms. The van der Waals surface area contributed by atoms with Crippen molar-refractivity contribution >= 4 is 0 Å². The number of aliphatic hydroxyl groups excluding tert-OH is 1. The summed E-state index contributed by atoms with van der Waals surface area (Å²) in [6.07, 6.45) is 0.606. The first kappa shape index (κ1) is 9.61. The molecule has 70 valence electrons. The Labute approximate surface area is 76.9 Å². The molecule has 0 aliphatic rings. The van der Waals surface area contributed by atoms with Crippen molar-refractivity contribution in [1.82, 2.24) is 0 Å². The number of rotatable bonds is 3. The van der Waals surface area contributed by atoms with Gasteiger partial charge in [-0.1, -0.05) is 6.08 Å². The van der Waals surface area contributed by atoms with Crippen LogP contribution in [0.25, 0.3) is 0 Å². The van der Waals surface area contributed by atoms with E-state index in [0.717, 1.165) is 0 Å². The predicted molar refractivity (Wildman–Crippen MR) is 49.8 cm³/mol. The average molecular weight is 180 g/mol. The summed E-state index contributed by atoms with van der Waals surface area (Å²) in [5.41, 5.74) is 0.562. The van der Waals surface area contributed by atoms with E-state index >= 15 is 0 Å². The fraction of sp³-hybridized carbons (Fsp3) is 0.200. The number of phenols is 1. The molecule has 2 N–H and O–H groups in total. The van der Waals surface area contributed by atoms with E-state index in [1.54, 1.807) is 6.07 Å². The molecule has 0 aromatic heterocycles. The third-order valence-corrected chi connectivity index (χ3v) is 1.71. The molecule has 1 unspecified atom stereocenters. The van der Waals surface area contributed by atoms with Crippen molar-refractivity contribution in [2.24, 2.45) is 0 Å². The SMILES string of the molecule is C=CC(O)c1cc(O)cc(OC)c1. The Morgan fingerprint density at radius 2 is 2.15 bits per heavy atom. The monoisotopic (exact) mass is 180 g/mol. The highest BCUT2D eigenvalue weighted by Crippen LogP contribution is 2.25. The van der Waals surface area contributed by atoms with E-state index in [2.05, 4.69) is 6.58 Å². The lowest BCUT2D eigenvalue weighted by Gasteiger charge is -2.08. The van der Waals surface area contributed by atoms with E-state index in [0.29, 0.717) is 11.3 Å². The number of aliphatic hydroxyl groups is 1. The molecular weight excluding hydrogens is 168 g/mol. The number of ether oxygens (including phenoxy) is 1. The minimum atomic E-state index is -0.777. The second kappa shape index (κ2) is 3.96. The summed E-state index contributed by atoms with van der Waals surface area (Å²) in [4.78, 5) is 0. The number of hydrogen-bond donors (Lipinski definition) is 2. The maximum Gasteiger partial charge on any atom is 0.122 e. The van der Waals surface area contributed by atoms with Gasteiger partial charge < -0.3 is 14.9 Å². The fourth-order valence-corrected chi connectivity index (χ4v) is 1.03. The Balaban J connectivity index is 3.07. The first-order chi connectivity index (χ1) is 6.17. The molecule has 0 aliphatic heterocycles. The highest BCUT2D eigenvalue weighted by atomic mass is 16.5. The number of methoxy groups -OCH3 is 1. The van der Waals surface area contributed by atoms with Crippen LogP contribution in [0.15, 0.2) is 30.9 Å². The van der Waals surface area contributed by atoms with Crippen molar-refractivity contribution in [3.05, 3.63) is 36.4 Å². The van der Waals surface area contributed by atoms with Gasteiger partial charge in [-0.2, -0.15) is 0 Å². The largest absolute Gasteiger partial charge is 0.508 e. The van der Waals surface area contributed by atoms with Gasteiger partial charge in [0.15, 0.2) is 0 Å². The molecule has 1 atom stereocenters. The zero-order valence-electron chi connectivity index (χ0n) is 7.40. The average Bonchev–Trinajstić information content (AvgIpc) is 2.15. The Kier molecular flexibility index (Phi) is 2.93. The van der Waals surface area contributed by atoms with Crippen LogP contribution in [0, 0.1) is 0 Å². The van der Waals surface area contributed by atoms with Crippen molar-refractivity contribution in [2.45, 2.75) is 6.10 Å². The van der Waals surface area contributed by atoms with E-state index < -0.39 is 6.10 Å². The molecule has 0 fully saturated rings. The van der Waals surface area contributed by atoms with Crippen molar-refractivity contribution in [3.63, 3.8) is 0 Å². The van der Waals surface area contributed by atoms with Gasteiger partial charge in [-0.15, -0.1) is 6.58 Å². The summed E-state index contributed by atoms with van der Waals surface area (Å²) < 4.78 is 4.92. The van der Waals surface area contributed by atoms with Crippen LogP contribution in [0.2, 0.25) is 0 Å². The van der Waals surface area contributed by atoms with E-state index in [4.69, 9.17) is 4.74 Å². The quantitative estimate of drug-likeness (QED) is 0.695. The first-order valence-corrected chi connectivity index (χ1v) is 3.86. The van der Waals surface area contributed by atoms with E-state index in [-0.39, 0.29) is 5.75 Å². The van der Waals surface area contributed by atoms with Crippen molar-refractivity contribution in [1.29, 1.82) is 0 Å². The Morgan fingerprint density at radius 3 is 2.69 bits per heavy atom. The molecule has 3 nitrogen and oxygen atoms in total. The molecule has 13 heavy (non-hydrogen) atoms. The van der Waals surface area contributed by atoms with Crippen LogP contribution in [0.4, 0.5) is 0 Å². The molecule has 0 aliphatic carbocycles. The molecule has 1 aromatic carbocycles. The van der Waals surface area contributed by atoms with Gasteiger partial charge in [-0.05, 0) is 17.7 Å². The number of aromatic hydroxyl groups is 1. The van der Waals surface area contributed by atoms with Gasteiger partial charge in [-0.25, -0.2) is 0 Å². The van der Waals surface area contributed by atoms with Gasteiger partial charge in [-0.3, -0.25) is 0 Å². The van der Waals surface area contributed by atoms with Gasteiger partial charge in [0.25, 0.3) is 0 Å². The van der Waals surface area contributed by atoms with Crippen LogP contribution >= 0.6 is 0 Å². The summed E-state index contributed by atoms with van der Waals surface area (Å²) >= 11 is 0. The standard InChI is InChI=1S/C10H12O3/c1-3-10(12)7-4-8(11)6-9(5-7)13-2/h3-6,10-12H,1H2,2H3. The molecule has 0 spiro atoms. The maximum atomic E-state index is 9.39. The summed E-state index contributed by atoms with van der Waals surface area (Å²) in [7, 11) is 1.50. The van der Waals surface area contributed by atoms with Crippen LogP contribution in [0.1, 0.15) is 11.7 Å². The zero-order chi connectivity index (χ0) is 9.84. The Bertz CT molecular complexity index is 307. The van der Waals surface area contributed by atoms with Crippen molar-refractivity contribution in [2.75, 3.05) is 7.11 Å². The van der Waals surface area contributed by atoms with E-state index in [1.165, 1.54) is 25.3 Å². The number of phenolic OH excluding ortho intramolecular Hbond substituents is 1. The van der Waals surface area contributed by atoms with Gasteiger partial charge in [0, 0.05) is 6.07 Å². The molecule has 0 saturated carbocycles. The van der Waals surface area contributed by atoms with Crippen LogP contribution in [0.5, 0.6) is 11.5 Å². The second-order valence-electron chi connectivity index (χ2n) is 2.64. The lowest BCUT2D eigenvalue weighted by Crippen LogP contribution is -1.93. The second-order valence-corrected chi connectivity index (χ2v) is 2.64. The molecule has 1 rings (SSSR count). The molecule has 0 heterocycles. The molecule has 3 heteroatoms. The summed E-state index contributed by atoms with van der Waals surface area (Å²) in [6.45, 7) is 3.45. The van der Waals surface area contributed by atoms with Gasteiger partial charge in [0.2, 0.25) is 0 Å². The number of hydrogen-bond acceptors (Lipinski definition) is 3. The minimum absolute atomic E-state index is 0.0650. The van der Waals surface area contributed by atoms with Crippen molar-refractivity contribution < 1.29 is 14.9 Å². The lowest BCUT2D eigenvalue weighted by molar-refractivity contribution is 0.228. The molecular formula is C10H12O3. The minimum Gasteiger partial charge on any atom is -0.508 e. The Hall–Kier alpha value is -1.48. The van der Waals surface area contributed by atoms with E-state index in [1.807, 2.05) is 0 Å². The maximum absolute atomic E-state index is 9.39. The summed E-state index contributed by atoms with van der Waals surface area (Å²) in [5.74, 6) is 0.575. The van der Waals surface area contributed by atoms with Crippen LogP contribution < -0.4 is 4.74 Å². The smallest absolute Gasteiger partial charge is 0.122 e. The van der Waals surface area contributed by atoms with E-state index in [9.17, 15) is 10.2 Å². The highest BCUT2D eigenvalue weighted by Gasteiger charge is 2.06. The fourth-order valence-electron chi connectivity index (χ4n) is 1.03. The highest BCUT2D eigenvalue weighted by molar-refractivity contribution is 5.39. The van der Waals surface area contributed by atoms with Gasteiger partial charge >= 0.3 is 0 Å². The topological polar surface area (TPSA) is 49.7 Å². The van der Waals surface area contributed by atoms with Crippen LogP contribution in [-0.2, 0) is 0 Å². The summed E-state index contributed by atoms with van der Waals surface area (Å²) in [5, 5.41) is 18.6. The predicted octanol–water partition coefficient (Wildman–Crippen LogP) is 1.62. The molecule has 0 saturated heterocycles. The Morgan fingerprint density at radius 1 is 1.46 bits per heavy atom. The van der Waals surface area contributed by atoms with Gasteiger partial charge in [0.05, 0.1) is 13.2 Å². The molecule has 0 radical (unpaired) electrons. The zero-order valence-corrected chi connectivity index (χ0v) is 7.40. The summed E-state index contributed by atoms with van der Waals surface area (Å²) in [6, 6.07) is 4.58. The van der Waals surface area contributed by atoms with Crippen LogP contribution in [0.3, 0.4) is 0 Å². The third kappa shape index (κ3) is 2.23. The third-order valence-electron chi connectivity index (χ3n) is 1.71. The van der Waals surface area contributed by atoms with Gasteiger partial charge in [0.1, 0.15) is 11.5 Å². The lowest BCUT2D eigenvalue weighted by atomic mass is 10.1. The number of benzene rings is 1. The normalized spacial score (nSPS) is 12.2. The van der Waals surface area contributed by atoms with Crippen LogP contribution in [-0.4, -0.2) is 17.3 Å². The first-order valence-electron chi connectivity index (χ1n) is 3.86. The molecule has 0 amide bonds. The molecule has 1 aromatic rings.